The molecule has 0 saturated carbocycles. The highest BCUT2D eigenvalue weighted by Crippen LogP contribution is 2.11. The van der Waals surface area contributed by atoms with E-state index < -0.39 is 18.4 Å². The van der Waals surface area contributed by atoms with Crippen molar-refractivity contribution in [3.8, 4) is 5.75 Å². The third kappa shape index (κ3) is 4.69. The minimum atomic E-state index is -0.980. The number of rotatable bonds is 5. The van der Waals surface area contributed by atoms with E-state index in [9.17, 15) is 9.59 Å². The lowest BCUT2D eigenvalue weighted by molar-refractivity contribution is -0.163. The molecule has 1 aromatic rings. The molecule has 1 unspecified atom stereocenters. The van der Waals surface area contributed by atoms with Gasteiger partial charge in [0.2, 0.25) is 0 Å². The molecule has 0 spiro atoms. The topological polar surface area (TPSA) is 61.8 Å². The maximum atomic E-state index is 11.4. The molecule has 1 atom stereocenters. The van der Waals surface area contributed by atoms with Crippen LogP contribution >= 0.6 is 0 Å². The summed E-state index contributed by atoms with van der Waals surface area (Å²) in [6.45, 7) is 4.95. The third-order valence-electron chi connectivity index (χ3n) is 1.92. The molecule has 0 aliphatic rings. The summed E-state index contributed by atoms with van der Waals surface area (Å²) < 4.78 is 14.5. The van der Waals surface area contributed by atoms with Crippen LogP contribution in [0.4, 0.5) is 4.79 Å². The van der Waals surface area contributed by atoms with Crippen LogP contribution in [0.1, 0.15) is 13.3 Å². The van der Waals surface area contributed by atoms with Gasteiger partial charge in [0, 0.05) is 12.5 Å². The number of para-hydroxylation sites is 1. The Hall–Kier alpha value is -2.30. The first-order valence-electron chi connectivity index (χ1n) is 5.42. The molecule has 0 aliphatic carbocycles. The van der Waals surface area contributed by atoms with Crippen molar-refractivity contribution in [1.82, 2.24) is 0 Å². The lowest BCUT2D eigenvalue weighted by Crippen LogP contribution is -2.25. The Morgan fingerprint density at radius 1 is 1.28 bits per heavy atom. The Morgan fingerprint density at radius 2 is 1.94 bits per heavy atom. The van der Waals surface area contributed by atoms with E-state index >= 15 is 0 Å². The zero-order valence-corrected chi connectivity index (χ0v) is 10.00. The van der Waals surface area contributed by atoms with E-state index in [0.29, 0.717) is 12.2 Å². The molecule has 0 N–H and O–H groups in total. The van der Waals surface area contributed by atoms with Gasteiger partial charge in [-0.05, 0) is 12.1 Å². The number of esters is 1. The summed E-state index contributed by atoms with van der Waals surface area (Å²) in [7, 11) is 0. The molecule has 96 valence electrons. The van der Waals surface area contributed by atoms with Gasteiger partial charge in [0.15, 0.2) is 0 Å². The molecule has 0 saturated heterocycles. The zero-order valence-electron chi connectivity index (χ0n) is 10.00. The van der Waals surface area contributed by atoms with Gasteiger partial charge < -0.3 is 14.2 Å². The molecule has 18 heavy (non-hydrogen) atoms. The highest BCUT2D eigenvalue weighted by Gasteiger charge is 2.17. The highest BCUT2D eigenvalue weighted by atomic mass is 16.8. The predicted octanol–water partition coefficient (Wildman–Crippen LogP) is 2.67. The number of hydrogen-bond acceptors (Lipinski definition) is 5. The van der Waals surface area contributed by atoms with Crippen LogP contribution < -0.4 is 4.74 Å². The maximum Gasteiger partial charge on any atom is 0.516 e. The monoisotopic (exact) mass is 250 g/mol. The Bertz CT molecular complexity index is 413. The molecule has 0 radical (unpaired) electrons. The van der Waals surface area contributed by atoms with Gasteiger partial charge in [0.1, 0.15) is 5.75 Å². The van der Waals surface area contributed by atoms with Crippen LogP contribution in [0.25, 0.3) is 0 Å². The third-order valence-corrected chi connectivity index (χ3v) is 1.92. The van der Waals surface area contributed by atoms with Crippen molar-refractivity contribution in [2.45, 2.75) is 19.6 Å². The fraction of sp³-hybridized carbons (Fsp3) is 0.231. The van der Waals surface area contributed by atoms with Crippen LogP contribution in [-0.2, 0) is 14.3 Å². The van der Waals surface area contributed by atoms with E-state index in [1.807, 2.05) is 0 Å². The fourth-order valence-corrected chi connectivity index (χ4v) is 1.08. The van der Waals surface area contributed by atoms with E-state index in [0.717, 1.165) is 6.08 Å². The van der Waals surface area contributed by atoms with Gasteiger partial charge in [-0.3, -0.25) is 0 Å². The standard InChI is InChI=1S/C13H14O5/c1-3-11(14)17-12(4-2)18-13(15)16-10-8-6-5-7-9-10/h3,5-9,12H,1,4H2,2H3. The van der Waals surface area contributed by atoms with Gasteiger partial charge in [-0.2, -0.15) is 0 Å². The summed E-state index contributed by atoms with van der Waals surface area (Å²) in [5, 5.41) is 0. The molecule has 0 fully saturated rings. The summed E-state index contributed by atoms with van der Waals surface area (Å²) in [5.41, 5.74) is 0. The van der Waals surface area contributed by atoms with Crippen molar-refractivity contribution in [3.63, 3.8) is 0 Å². The molecule has 0 bridgehead atoms. The van der Waals surface area contributed by atoms with E-state index in [2.05, 4.69) is 6.58 Å². The minimum Gasteiger partial charge on any atom is -0.422 e. The number of hydrogen-bond donors (Lipinski definition) is 0. The summed E-state index contributed by atoms with van der Waals surface area (Å²) >= 11 is 0. The van der Waals surface area contributed by atoms with Crippen LogP contribution in [0.2, 0.25) is 0 Å². The van der Waals surface area contributed by atoms with E-state index in [4.69, 9.17) is 14.2 Å². The van der Waals surface area contributed by atoms with Crippen LogP contribution in [0.15, 0.2) is 43.0 Å². The molecule has 0 aromatic heterocycles. The fourth-order valence-electron chi connectivity index (χ4n) is 1.08. The minimum absolute atomic E-state index is 0.323. The quantitative estimate of drug-likeness (QED) is 0.348. The van der Waals surface area contributed by atoms with Crippen molar-refractivity contribution < 1.29 is 23.8 Å². The molecule has 1 rings (SSSR count). The molecular weight excluding hydrogens is 236 g/mol. The Labute approximate surface area is 105 Å². The summed E-state index contributed by atoms with van der Waals surface area (Å²) in [6, 6.07) is 8.45. The number of benzene rings is 1. The summed E-state index contributed by atoms with van der Waals surface area (Å²) in [4.78, 5) is 22.3. The van der Waals surface area contributed by atoms with Crippen LogP contribution in [-0.4, -0.2) is 18.4 Å². The van der Waals surface area contributed by atoms with Gasteiger partial charge in [0.05, 0.1) is 0 Å². The molecule has 5 nitrogen and oxygen atoms in total. The number of carbonyl (C=O) groups excluding carboxylic acids is 2. The molecule has 5 heteroatoms. The first-order valence-corrected chi connectivity index (χ1v) is 5.42. The molecule has 0 heterocycles. The second-order valence-corrected chi connectivity index (χ2v) is 3.26. The van der Waals surface area contributed by atoms with Crippen molar-refractivity contribution in [2.75, 3.05) is 0 Å². The first-order chi connectivity index (χ1) is 8.65. The Balaban J connectivity index is 2.47. The zero-order chi connectivity index (χ0) is 13.4. The summed E-state index contributed by atoms with van der Waals surface area (Å²) in [6.07, 6.45) is -0.588. The first kappa shape index (κ1) is 13.8. The van der Waals surface area contributed by atoms with Crippen molar-refractivity contribution >= 4 is 12.1 Å². The van der Waals surface area contributed by atoms with Crippen LogP contribution in [0, 0.1) is 0 Å². The lowest BCUT2D eigenvalue weighted by Gasteiger charge is -2.15. The number of carbonyl (C=O) groups is 2. The SMILES string of the molecule is C=CC(=O)OC(CC)OC(=O)Oc1ccccc1. The van der Waals surface area contributed by atoms with Crippen molar-refractivity contribution in [2.24, 2.45) is 0 Å². The predicted molar refractivity (Wildman–Crippen MR) is 63.9 cm³/mol. The van der Waals surface area contributed by atoms with E-state index in [1.165, 1.54) is 0 Å². The van der Waals surface area contributed by atoms with Crippen LogP contribution in [0.3, 0.4) is 0 Å². The second kappa shape index (κ2) is 7.11. The molecular formula is C13H14O5. The smallest absolute Gasteiger partial charge is 0.422 e. The van der Waals surface area contributed by atoms with Crippen LogP contribution in [0.5, 0.6) is 5.75 Å². The molecule has 1 aromatic carbocycles. The summed E-state index contributed by atoms with van der Waals surface area (Å²) in [5.74, 6) is -0.304. The molecule has 0 aliphatic heterocycles. The maximum absolute atomic E-state index is 11.4. The van der Waals surface area contributed by atoms with Gasteiger partial charge in [-0.25, -0.2) is 9.59 Å². The van der Waals surface area contributed by atoms with E-state index in [1.54, 1.807) is 37.3 Å². The lowest BCUT2D eigenvalue weighted by atomic mass is 10.3. The molecule has 0 amide bonds. The van der Waals surface area contributed by atoms with Gasteiger partial charge in [-0.15, -0.1) is 0 Å². The van der Waals surface area contributed by atoms with Crippen molar-refractivity contribution in [1.29, 1.82) is 0 Å². The van der Waals surface area contributed by atoms with Gasteiger partial charge in [-0.1, -0.05) is 31.7 Å². The Kier molecular flexibility index (Phi) is 5.44. The Morgan fingerprint density at radius 3 is 2.50 bits per heavy atom. The average molecular weight is 250 g/mol. The largest absolute Gasteiger partial charge is 0.516 e. The van der Waals surface area contributed by atoms with Gasteiger partial charge in [0.25, 0.3) is 6.29 Å². The highest BCUT2D eigenvalue weighted by molar-refractivity contribution is 5.81. The van der Waals surface area contributed by atoms with E-state index in [-0.39, 0.29) is 0 Å². The average Bonchev–Trinajstić information content (AvgIpc) is 2.38. The van der Waals surface area contributed by atoms with Gasteiger partial charge >= 0.3 is 12.1 Å². The van der Waals surface area contributed by atoms with Crippen molar-refractivity contribution in [3.05, 3.63) is 43.0 Å². The number of ether oxygens (including phenoxy) is 3. The normalized spacial score (nSPS) is 11.2. The second-order valence-electron chi connectivity index (χ2n) is 3.26.